The highest BCUT2D eigenvalue weighted by atomic mass is 16.5. The summed E-state index contributed by atoms with van der Waals surface area (Å²) >= 11 is 0. The van der Waals surface area contributed by atoms with Gasteiger partial charge < -0.3 is 24.1 Å². The van der Waals surface area contributed by atoms with E-state index in [1.165, 1.54) is 0 Å². The van der Waals surface area contributed by atoms with Crippen molar-refractivity contribution in [3.8, 4) is 5.88 Å². The summed E-state index contributed by atoms with van der Waals surface area (Å²) in [6, 6.07) is 7.74. The average Bonchev–Trinajstić information content (AvgIpc) is 3.20. The molecule has 0 radical (unpaired) electrons. The molecule has 24 heavy (non-hydrogen) atoms. The molecule has 0 bridgehead atoms. The van der Waals surface area contributed by atoms with Crippen molar-refractivity contribution in [3.05, 3.63) is 40.5 Å². The first-order valence-electron chi connectivity index (χ1n) is 7.91. The van der Waals surface area contributed by atoms with Crippen LogP contribution >= 0.6 is 0 Å². The van der Waals surface area contributed by atoms with Gasteiger partial charge in [0, 0.05) is 32.2 Å². The minimum atomic E-state index is -0.171. The van der Waals surface area contributed by atoms with E-state index in [9.17, 15) is 4.79 Å². The SMILES string of the molecule is COc1cc(CN2CCN(c3cccc4[nH]c(=O)[nH]c34)CC2)on1. The quantitative estimate of drug-likeness (QED) is 0.747. The van der Waals surface area contributed by atoms with Crippen molar-refractivity contribution < 1.29 is 9.26 Å². The van der Waals surface area contributed by atoms with Crippen molar-refractivity contribution >= 4 is 16.7 Å². The molecule has 2 N–H and O–H groups in total. The Hall–Kier alpha value is -2.74. The van der Waals surface area contributed by atoms with Gasteiger partial charge in [-0.3, -0.25) is 4.90 Å². The lowest BCUT2D eigenvalue weighted by atomic mass is 10.2. The number of nitrogens with one attached hydrogen (secondary N) is 2. The first-order chi connectivity index (χ1) is 11.7. The molecule has 0 atom stereocenters. The summed E-state index contributed by atoms with van der Waals surface area (Å²) in [5, 5.41) is 3.83. The molecular formula is C16H19N5O3. The summed E-state index contributed by atoms with van der Waals surface area (Å²) in [7, 11) is 1.58. The molecule has 0 amide bonds. The van der Waals surface area contributed by atoms with Gasteiger partial charge in [0.2, 0.25) is 0 Å². The fourth-order valence-corrected chi connectivity index (χ4v) is 3.14. The van der Waals surface area contributed by atoms with Crippen LogP contribution in [0.1, 0.15) is 5.76 Å². The highest BCUT2D eigenvalue weighted by molar-refractivity contribution is 5.88. The van der Waals surface area contributed by atoms with E-state index < -0.39 is 0 Å². The van der Waals surface area contributed by atoms with Gasteiger partial charge in [-0.15, -0.1) is 0 Å². The molecule has 1 aliphatic heterocycles. The maximum Gasteiger partial charge on any atom is 0.323 e. The van der Waals surface area contributed by atoms with Crippen LogP contribution in [-0.4, -0.2) is 53.3 Å². The Bertz CT molecular complexity index is 888. The Labute approximate surface area is 138 Å². The van der Waals surface area contributed by atoms with Gasteiger partial charge in [-0.1, -0.05) is 6.07 Å². The number of benzene rings is 1. The number of H-pyrrole nitrogens is 2. The molecule has 2 aromatic heterocycles. The number of piperazine rings is 1. The Morgan fingerprint density at radius 3 is 2.83 bits per heavy atom. The molecular weight excluding hydrogens is 310 g/mol. The van der Waals surface area contributed by atoms with Gasteiger partial charge in [0.25, 0.3) is 5.88 Å². The second-order valence-electron chi connectivity index (χ2n) is 5.88. The van der Waals surface area contributed by atoms with E-state index in [0.717, 1.165) is 55.2 Å². The van der Waals surface area contributed by atoms with Crippen LogP contribution in [0.15, 0.2) is 33.6 Å². The third-order valence-electron chi connectivity index (χ3n) is 4.37. The second kappa shape index (κ2) is 6.04. The van der Waals surface area contributed by atoms with Crippen molar-refractivity contribution in [2.24, 2.45) is 0 Å². The monoisotopic (exact) mass is 329 g/mol. The number of rotatable bonds is 4. The van der Waals surface area contributed by atoms with Crippen molar-refractivity contribution in [3.63, 3.8) is 0 Å². The van der Waals surface area contributed by atoms with Crippen LogP contribution in [0.3, 0.4) is 0 Å². The standard InChI is InChI=1S/C16H19N5O3/c1-23-14-9-11(24-19-14)10-20-5-7-21(8-6-20)13-4-2-3-12-15(13)18-16(22)17-12/h2-4,9H,5-8,10H2,1H3,(H2,17,18,22). The Balaban J connectivity index is 1.44. The van der Waals surface area contributed by atoms with E-state index in [1.807, 2.05) is 24.3 Å². The molecule has 0 spiro atoms. The fraction of sp³-hybridized carbons (Fsp3) is 0.375. The maximum absolute atomic E-state index is 11.5. The molecule has 8 heteroatoms. The molecule has 4 rings (SSSR count). The predicted octanol–water partition coefficient (Wildman–Crippen LogP) is 1.18. The lowest BCUT2D eigenvalue weighted by molar-refractivity contribution is 0.218. The van der Waals surface area contributed by atoms with E-state index in [0.29, 0.717) is 5.88 Å². The van der Waals surface area contributed by atoms with Crippen LogP contribution in [0, 0.1) is 0 Å². The third kappa shape index (κ3) is 2.76. The summed E-state index contributed by atoms with van der Waals surface area (Å²) in [6.07, 6.45) is 0. The molecule has 1 aliphatic rings. The number of imidazole rings is 1. The number of hydrogen-bond donors (Lipinski definition) is 2. The van der Waals surface area contributed by atoms with Crippen LogP contribution in [0.2, 0.25) is 0 Å². The van der Waals surface area contributed by atoms with E-state index in [2.05, 4.69) is 24.9 Å². The van der Waals surface area contributed by atoms with Crippen molar-refractivity contribution in [2.45, 2.75) is 6.54 Å². The van der Waals surface area contributed by atoms with Gasteiger partial charge in [0.15, 0.2) is 5.76 Å². The fourth-order valence-electron chi connectivity index (χ4n) is 3.14. The van der Waals surface area contributed by atoms with Crippen LogP contribution in [0.4, 0.5) is 5.69 Å². The van der Waals surface area contributed by atoms with Gasteiger partial charge in [-0.25, -0.2) is 4.79 Å². The predicted molar refractivity (Wildman–Crippen MR) is 89.5 cm³/mol. The molecule has 1 aromatic carbocycles. The van der Waals surface area contributed by atoms with Crippen LogP contribution < -0.4 is 15.3 Å². The first kappa shape index (κ1) is 14.8. The normalized spacial score (nSPS) is 16.0. The Kier molecular flexibility index (Phi) is 3.73. The summed E-state index contributed by atoms with van der Waals surface area (Å²) in [6.45, 7) is 4.31. The van der Waals surface area contributed by atoms with E-state index >= 15 is 0 Å². The number of aromatic nitrogens is 3. The van der Waals surface area contributed by atoms with Gasteiger partial charge in [-0.2, -0.15) is 0 Å². The van der Waals surface area contributed by atoms with Crippen molar-refractivity contribution in [1.82, 2.24) is 20.0 Å². The second-order valence-corrected chi connectivity index (χ2v) is 5.88. The van der Waals surface area contributed by atoms with Gasteiger partial charge in [0.1, 0.15) is 0 Å². The van der Waals surface area contributed by atoms with Crippen LogP contribution in [-0.2, 0) is 6.54 Å². The van der Waals surface area contributed by atoms with Gasteiger partial charge >= 0.3 is 5.69 Å². The minimum absolute atomic E-state index is 0.171. The molecule has 3 heterocycles. The van der Waals surface area contributed by atoms with E-state index in [4.69, 9.17) is 9.26 Å². The topological polar surface area (TPSA) is 90.4 Å². The molecule has 0 aliphatic carbocycles. The number of ether oxygens (including phenoxy) is 1. The molecule has 1 saturated heterocycles. The third-order valence-corrected chi connectivity index (χ3v) is 4.37. The van der Waals surface area contributed by atoms with Gasteiger partial charge in [0.05, 0.1) is 30.4 Å². The lowest BCUT2D eigenvalue weighted by Gasteiger charge is -2.35. The molecule has 0 unspecified atom stereocenters. The number of nitrogens with zero attached hydrogens (tertiary/aromatic N) is 3. The highest BCUT2D eigenvalue weighted by Crippen LogP contribution is 2.24. The Morgan fingerprint density at radius 2 is 2.08 bits per heavy atom. The number of methoxy groups -OCH3 is 1. The number of anilines is 1. The number of fused-ring (bicyclic) bond motifs is 1. The van der Waals surface area contributed by atoms with Crippen LogP contribution in [0.5, 0.6) is 5.88 Å². The van der Waals surface area contributed by atoms with E-state index in [-0.39, 0.29) is 5.69 Å². The average molecular weight is 329 g/mol. The largest absolute Gasteiger partial charge is 0.479 e. The minimum Gasteiger partial charge on any atom is -0.479 e. The lowest BCUT2D eigenvalue weighted by Crippen LogP contribution is -2.46. The number of aromatic amines is 2. The first-order valence-corrected chi connectivity index (χ1v) is 7.91. The summed E-state index contributed by atoms with van der Waals surface area (Å²) < 4.78 is 10.3. The van der Waals surface area contributed by atoms with Crippen molar-refractivity contribution in [1.29, 1.82) is 0 Å². The summed E-state index contributed by atoms with van der Waals surface area (Å²) in [5.41, 5.74) is 2.60. The highest BCUT2D eigenvalue weighted by Gasteiger charge is 2.20. The molecule has 126 valence electrons. The zero-order valence-corrected chi connectivity index (χ0v) is 13.4. The Morgan fingerprint density at radius 1 is 1.25 bits per heavy atom. The maximum atomic E-state index is 11.5. The molecule has 1 fully saturated rings. The summed E-state index contributed by atoms with van der Waals surface area (Å²) in [5.74, 6) is 1.31. The number of hydrogen-bond acceptors (Lipinski definition) is 6. The van der Waals surface area contributed by atoms with E-state index in [1.54, 1.807) is 7.11 Å². The number of para-hydroxylation sites is 1. The van der Waals surface area contributed by atoms with Crippen molar-refractivity contribution in [2.75, 3.05) is 38.2 Å². The summed E-state index contributed by atoms with van der Waals surface area (Å²) in [4.78, 5) is 21.8. The molecule has 8 nitrogen and oxygen atoms in total. The van der Waals surface area contributed by atoms with Crippen LogP contribution in [0.25, 0.3) is 11.0 Å². The molecule has 0 saturated carbocycles. The zero-order valence-electron chi connectivity index (χ0n) is 13.4. The van der Waals surface area contributed by atoms with Gasteiger partial charge in [-0.05, 0) is 17.3 Å². The smallest absolute Gasteiger partial charge is 0.323 e. The zero-order chi connectivity index (χ0) is 16.5. The molecule has 3 aromatic rings.